The Bertz CT molecular complexity index is 988. The summed E-state index contributed by atoms with van der Waals surface area (Å²) >= 11 is 0. The van der Waals surface area contributed by atoms with Crippen LogP contribution in [0.1, 0.15) is 37.3 Å². The molecule has 2 nitrogen and oxygen atoms in total. The Morgan fingerprint density at radius 1 is 1.03 bits per heavy atom. The van der Waals surface area contributed by atoms with E-state index in [1.165, 1.54) is 6.07 Å². The average molecular weight is 402 g/mol. The molecule has 0 amide bonds. The van der Waals surface area contributed by atoms with E-state index in [2.05, 4.69) is 48.0 Å². The maximum Gasteiger partial charge on any atom is 0.127 e. The summed E-state index contributed by atoms with van der Waals surface area (Å²) in [4.78, 5) is 4.53. The Kier molecular flexibility index (Phi) is 7.69. The maximum atomic E-state index is 14.2. The minimum absolute atomic E-state index is 0.228. The van der Waals surface area contributed by atoms with Crippen LogP contribution >= 0.6 is 0 Å². The summed E-state index contributed by atoms with van der Waals surface area (Å²) in [6, 6.07) is 17.5. The molecule has 3 aromatic rings. The normalized spacial score (nSPS) is 12.2. The van der Waals surface area contributed by atoms with Gasteiger partial charge in [0.2, 0.25) is 0 Å². The summed E-state index contributed by atoms with van der Waals surface area (Å²) in [5, 5.41) is 9.28. The number of allylic oxidation sites excluding steroid dienone is 2. The zero-order valence-corrected chi connectivity index (χ0v) is 17.4. The van der Waals surface area contributed by atoms with E-state index in [1.807, 2.05) is 31.3 Å². The van der Waals surface area contributed by atoms with Crippen LogP contribution in [-0.4, -0.2) is 16.2 Å². The summed E-state index contributed by atoms with van der Waals surface area (Å²) in [7, 11) is 0. The molecular weight excluding hydrogens is 373 g/mol. The molecule has 0 aliphatic rings. The summed E-state index contributed by atoms with van der Waals surface area (Å²) in [6.45, 7) is 5.48. The van der Waals surface area contributed by atoms with Crippen molar-refractivity contribution in [3.63, 3.8) is 0 Å². The fraction of sp³-hybridized carbons (Fsp3) is 0.222. The number of rotatable bonds is 9. The van der Waals surface area contributed by atoms with Crippen molar-refractivity contribution in [2.24, 2.45) is 0 Å². The van der Waals surface area contributed by atoms with Crippen LogP contribution in [0.25, 0.3) is 28.5 Å². The fourth-order valence-electron chi connectivity index (χ4n) is 3.30. The van der Waals surface area contributed by atoms with Gasteiger partial charge in [0.1, 0.15) is 5.82 Å². The molecule has 0 fully saturated rings. The maximum absolute atomic E-state index is 14.2. The number of aliphatic hydroxyl groups is 1. The molecule has 1 atom stereocenters. The van der Waals surface area contributed by atoms with Gasteiger partial charge < -0.3 is 5.11 Å². The standard InChI is InChI=1S/C27H28FNO/c1-3-7-23-14-15-24(18-26(23)28)27-17-16-25(19-29-27)22-12-10-21(11-13-22)9-6-4-5-8-20(2)30/h3,6,9-20,30H,1,4-5,7-8H2,2H3. The number of hydrogen-bond donors (Lipinski definition) is 1. The van der Waals surface area contributed by atoms with Gasteiger partial charge in [0.15, 0.2) is 0 Å². The third-order valence-electron chi connectivity index (χ3n) is 5.02. The number of aromatic nitrogens is 1. The smallest absolute Gasteiger partial charge is 0.127 e. The largest absolute Gasteiger partial charge is 0.393 e. The first kappa shape index (κ1) is 21.7. The molecule has 1 aromatic heterocycles. The summed E-state index contributed by atoms with van der Waals surface area (Å²) < 4.78 is 14.2. The highest BCUT2D eigenvalue weighted by atomic mass is 19.1. The highest BCUT2D eigenvalue weighted by Gasteiger charge is 2.06. The minimum atomic E-state index is -0.229. The van der Waals surface area contributed by atoms with Crippen molar-refractivity contribution in [1.29, 1.82) is 0 Å². The van der Waals surface area contributed by atoms with Crippen LogP contribution in [0.5, 0.6) is 0 Å². The lowest BCUT2D eigenvalue weighted by Crippen LogP contribution is -1.97. The van der Waals surface area contributed by atoms with E-state index in [9.17, 15) is 9.50 Å². The fourth-order valence-corrected chi connectivity index (χ4v) is 3.30. The Morgan fingerprint density at radius 2 is 1.77 bits per heavy atom. The van der Waals surface area contributed by atoms with E-state index >= 15 is 0 Å². The Balaban J connectivity index is 1.65. The summed E-state index contributed by atoms with van der Waals surface area (Å²) in [5.41, 5.74) is 5.42. The first-order valence-corrected chi connectivity index (χ1v) is 10.4. The molecule has 1 heterocycles. The van der Waals surface area contributed by atoms with E-state index in [-0.39, 0.29) is 11.9 Å². The molecule has 0 saturated carbocycles. The molecule has 3 rings (SSSR count). The van der Waals surface area contributed by atoms with Crippen molar-refractivity contribution in [1.82, 2.24) is 4.98 Å². The van der Waals surface area contributed by atoms with E-state index in [1.54, 1.807) is 12.1 Å². The Labute approximate surface area is 178 Å². The van der Waals surface area contributed by atoms with E-state index in [4.69, 9.17) is 0 Å². The number of hydrogen-bond acceptors (Lipinski definition) is 2. The van der Waals surface area contributed by atoms with Crippen molar-refractivity contribution in [3.8, 4) is 22.4 Å². The molecule has 1 unspecified atom stereocenters. The van der Waals surface area contributed by atoms with Crippen molar-refractivity contribution in [3.05, 3.63) is 96.5 Å². The van der Waals surface area contributed by atoms with Crippen LogP contribution in [0.2, 0.25) is 0 Å². The van der Waals surface area contributed by atoms with Gasteiger partial charge in [-0.2, -0.15) is 0 Å². The lowest BCUT2D eigenvalue weighted by atomic mass is 10.0. The molecule has 0 aliphatic carbocycles. The molecule has 0 radical (unpaired) electrons. The van der Waals surface area contributed by atoms with Crippen molar-refractivity contribution < 1.29 is 9.50 Å². The van der Waals surface area contributed by atoms with Gasteiger partial charge in [-0.3, -0.25) is 4.98 Å². The number of nitrogens with zero attached hydrogens (tertiary/aromatic N) is 1. The van der Waals surface area contributed by atoms with Gasteiger partial charge in [0.25, 0.3) is 0 Å². The molecule has 2 aromatic carbocycles. The molecule has 30 heavy (non-hydrogen) atoms. The molecule has 1 N–H and O–H groups in total. The van der Waals surface area contributed by atoms with Gasteiger partial charge in [0.05, 0.1) is 11.8 Å². The highest BCUT2D eigenvalue weighted by molar-refractivity contribution is 5.68. The van der Waals surface area contributed by atoms with E-state index in [0.717, 1.165) is 47.2 Å². The van der Waals surface area contributed by atoms with Gasteiger partial charge in [-0.1, -0.05) is 60.7 Å². The van der Waals surface area contributed by atoms with Crippen LogP contribution in [0.15, 0.2) is 79.5 Å². The second-order valence-corrected chi connectivity index (χ2v) is 7.54. The summed E-state index contributed by atoms with van der Waals surface area (Å²) in [5.74, 6) is -0.229. The van der Waals surface area contributed by atoms with E-state index < -0.39 is 0 Å². The molecule has 0 aliphatic heterocycles. The second kappa shape index (κ2) is 10.7. The van der Waals surface area contributed by atoms with Crippen LogP contribution in [0.4, 0.5) is 4.39 Å². The lowest BCUT2D eigenvalue weighted by molar-refractivity contribution is 0.182. The third-order valence-corrected chi connectivity index (χ3v) is 5.02. The first-order chi connectivity index (χ1) is 14.6. The first-order valence-electron chi connectivity index (χ1n) is 10.4. The van der Waals surface area contributed by atoms with Crippen molar-refractivity contribution in [2.45, 2.75) is 38.7 Å². The van der Waals surface area contributed by atoms with Gasteiger partial charge in [-0.05, 0) is 61.4 Å². The van der Waals surface area contributed by atoms with Crippen LogP contribution in [0, 0.1) is 5.82 Å². The number of halogens is 1. The average Bonchev–Trinajstić information content (AvgIpc) is 2.75. The number of aliphatic hydroxyl groups excluding tert-OH is 1. The number of unbranched alkanes of at least 4 members (excludes halogenated alkanes) is 1. The van der Waals surface area contributed by atoms with E-state index in [0.29, 0.717) is 12.0 Å². The Hall–Kier alpha value is -3.04. The highest BCUT2D eigenvalue weighted by Crippen LogP contribution is 2.25. The van der Waals surface area contributed by atoms with Crippen LogP contribution in [0.3, 0.4) is 0 Å². The van der Waals surface area contributed by atoms with Gasteiger partial charge in [-0.15, -0.1) is 6.58 Å². The zero-order valence-electron chi connectivity index (χ0n) is 17.4. The predicted molar refractivity (Wildman–Crippen MR) is 124 cm³/mol. The molecular formula is C27H28FNO. The number of benzene rings is 2. The zero-order chi connectivity index (χ0) is 21.3. The predicted octanol–water partition coefficient (Wildman–Crippen LogP) is 6.85. The number of pyridine rings is 1. The van der Waals surface area contributed by atoms with Crippen molar-refractivity contribution in [2.75, 3.05) is 0 Å². The lowest BCUT2D eigenvalue weighted by Gasteiger charge is -2.07. The summed E-state index contributed by atoms with van der Waals surface area (Å²) in [6.07, 6.45) is 10.9. The van der Waals surface area contributed by atoms with Crippen molar-refractivity contribution >= 4 is 6.08 Å². The van der Waals surface area contributed by atoms with Gasteiger partial charge in [0, 0.05) is 17.3 Å². The topological polar surface area (TPSA) is 33.1 Å². The minimum Gasteiger partial charge on any atom is -0.393 e. The van der Waals surface area contributed by atoms with Gasteiger partial charge >= 0.3 is 0 Å². The monoisotopic (exact) mass is 401 g/mol. The Morgan fingerprint density at radius 3 is 2.40 bits per heavy atom. The second-order valence-electron chi connectivity index (χ2n) is 7.54. The molecule has 3 heteroatoms. The molecule has 0 saturated heterocycles. The third kappa shape index (κ3) is 5.98. The molecule has 0 spiro atoms. The quantitative estimate of drug-likeness (QED) is 0.314. The van der Waals surface area contributed by atoms with Gasteiger partial charge in [-0.25, -0.2) is 4.39 Å². The van der Waals surface area contributed by atoms with Crippen LogP contribution < -0.4 is 0 Å². The van der Waals surface area contributed by atoms with Crippen LogP contribution in [-0.2, 0) is 6.42 Å². The molecule has 0 bridgehead atoms. The SMILES string of the molecule is C=CCc1ccc(-c2ccc(-c3ccc(C=CCCCC(C)O)cc3)cn2)cc1F. The molecule has 154 valence electrons.